The number of nitrogens with zero attached hydrogens (tertiary/aromatic N) is 2. The summed E-state index contributed by atoms with van der Waals surface area (Å²) in [4.78, 5) is 29.7. The molecule has 1 N–H and O–H groups in total. The molecular weight excluding hydrogens is 334 g/mol. The molecule has 26 heavy (non-hydrogen) atoms. The van der Waals surface area contributed by atoms with Crippen LogP contribution in [0.5, 0.6) is 0 Å². The molecule has 1 rings (SSSR count). The van der Waals surface area contributed by atoms with Gasteiger partial charge in [-0.25, -0.2) is 9.59 Å². The molecule has 0 aliphatic heterocycles. The first-order chi connectivity index (χ1) is 11.8. The minimum absolute atomic E-state index is 0.0114. The number of rotatable bonds is 1. The Morgan fingerprint density at radius 3 is 1.92 bits per heavy atom. The molecule has 0 spiro atoms. The molecule has 0 aliphatic rings. The Balaban J connectivity index is 3.09. The first-order valence-electron chi connectivity index (χ1n) is 8.39. The number of amides is 2. The summed E-state index contributed by atoms with van der Waals surface area (Å²) < 4.78 is 10.5. The summed E-state index contributed by atoms with van der Waals surface area (Å²) in [6.07, 6.45) is -1.51. The molecule has 0 radical (unpaired) electrons. The topological polar surface area (TPSA) is 80.2 Å². The zero-order valence-electron chi connectivity index (χ0n) is 16.8. The average molecular weight is 363 g/mol. The molecule has 0 fully saturated rings. The van der Waals surface area contributed by atoms with Crippen LogP contribution in [0.15, 0.2) is 29.3 Å². The van der Waals surface area contributed by atoms with E-state index in [2.05, 4.69) is 10.3 Å². The number of aliphatic imine (C=N–C) groups is 1. The standard InChI is InChI=1S/C19H29N3O4/c1-13-9-11-14(12-10-13)22(8)15(20-16(23)25-18(2,3)4)21-17(24)26-19(5,6)7/h9-12H,1-8H3,(H,20,21,23,24). The molecule has 0 aliphatic carbocycles. The Morgan fingerprint density at radius 2 is 1.46 bits per heavy atom. The molecule has 7 nitrogen and oxygen atoms in total. The Bertz CT molecular complexity index is 668. The first-order valence-corrected chi connectivity index (χ1v) is 8.39. The third kappa shape index (κ3) is 8.00. The summed E-state index contributed by atoms with van der Waals surface area (Å²) in [6.45, 7) is 12.4. The van der Waals surface area contributed by atoms with E-state index >= 15 is 0 Å². The van der Waals surface area contributed by atoms with Crippen molar-refractivity contribution in [2.24, 2.45) is 4.99 Å². The van der Waals surface area contributed by atoms with Gasteiger partial charge in [0.05, 0.1) is 0 Å². The van der Waals surface area contributed by atoms with Gasteiger partial charge in [-0.15, -0.1) is 4.99 Å². The lowest BCUT2D eigenvalue weighted by Crippen LogP contribution is -2.45. The SMILES string of the molecule is Cc1ccc(N(C)/C(=N\C(=O)OC(C)(C)C)NC(=O)OC(C)(C)C)cc1. The normalized spacial score (nSPS) is 12.4. The molecule has 1 aromatic carbocycles. The van der Waals surface area contributed by atoms with Crippen molar-refractivity contribution < 1.29 is 19.1 Å². The van der Waals surface area contributed by atoms with Crippen molar-refractivity contribution in [1.82, 2.24) is 5.32 Å². The van der Waals surface area contributed by atoms with Crippen LogP contribution in [-0.2, 0) is 9.47 Å². The van der Waals surface area contributed by atoms with E-state index < -0.39 is 23.4 Å². The number of guanidine groups is 1. The van der Waals surface area contributed by atoms with E-state index in [0.717, 1.165) is 11.3 Å². The number of hydrogen-bond donors (Lipinski definition) is 1. The highest BCUT2D eigenvalue weighted by atomic mass is 16.6. The molecule has 0 unspecified atom stereocenters. The lowest BCUT2D eigenvalue weighted by atomic mass is 10.2. The number of alkyl carbamates (subject to hydrolysis) is 1. The largest absolute Gasteiger partial charge is 0.444 e. The van der Waals surface area contributed by atoms with E-state index in [1.165, 1.54) is 0 Å². The Morgan fingerprint density at radius 1 is 0.962 bits per heavy atom. The van der Waals surface area contributed by atoms with Crippen molar-refractivity contribution in [3.05, 3.63) is 29.8 Å². The van der Waals surface area contributed by atoms with Gasteiger partial charge < -0.3 is 14.4 Å². The minimum Gasteiger partial charge on any atom is -0.444 e. The Labute approximate surface area is 155 Å². The molecule has 144 valence electrons. The second-order valence-electron chi connectivity index (χ2n) is 7.94. The number of benzene rings is 1. The number of aryl methyl sites for hydroxylation is 1. The fraction of sp³-hybridized carbons (Fsp3) is 0.526. The minimum atomic E-state index is -0.803. The predicted molar refractivity (Wildman–Crippen MR) is 103 cm³/mol. The maximum Gasteiger partial charge on any atom is 0.437 e. The average Bonchev–Trinajstić information content (AvgIpc) is 2.42. The Kier molecular flexibility index (Phi) is 6.78. The summed E-state index contributed by atoms with van der Waals surface area (Å²) in [7, 11) is 1.69. The van der Waals surface area contributed by atoms with Crippen LogP contribution in [0.3, 0.4) is 0 Å². The highest BCUT2D eigenvalue weighted by molar-refractivity contribution is 6.07. The quantitative estimate of drug-likeness (QED) is 0.596. The highest BCUT2D eigenvalue weighted by Crippen LogP contribution is 2.15. The lowest BCUT2D eigenvalue weighted by molar-refractivity contribution is 0.0561. The van der Waals surface area contributed by atoms with Gasteiger partial charge in [0.1, 0.15) is 11.2 Å². The maximum absolute atomic E-state index is 12.1. The first kappa shape index (κ1) is 21.5. The summed E-state index contributed by atoms with van der Waals surface area (Å²) in [5.74, 6) is 0.0114. The van der Waals surface area contributed by atoms with E-state index in [0.29, 0.717) is 0 Å². The number of ether oxygens (including phenoxy) is 2. The number of nitrogens with one attached hydrogen (secondary N) is 1. The smallest absolute Gasteiger partial charge is 0.437 e. The number of carbonyl (C=O) groups is 2. The molecule has 7 heteroatoms. The van der Waals surface area contributed by atoms with E-state index in [4.69, 9.17) is 9.47 Å². The van der Waals surface area contributed by atoms with Gasteiger partial charge in [0, 0.05) is 12.7 Å². The Hall–Kier alpha value is -2.57. The van der Waals surface area contributed by atoms with Crippen molar-refractivity contribution in [2.75, 3.05) is 11.9 Å². The fourth-order valence-electron chi connectivity index (χ4n) is 1.84. The summed E-state index contributed by atoms with van der Waals surface area (Å²) in [5, 5.41) is 2.52. The van der Waals surface area contributed by atoms with Crippen molar-refractivity contribution in [1.29, 1.82) is 0 Å². The number of hydrogen-bond acceptors (Lipinski definition) is 4. The molecule has 1 aromatic rings. The van der Waals surface area contributed by atoms with Crippen LogP contribution in [-0.4, -0.2) is 36.4 Å². The van der Waals surface area contributed by atoms with Crippen molar-refractivity contribution in [3.63, 3.8) is 0 Å². The fourth-order valence-corrected chi connectivity index (χ4v) is 1.84. The van der Waals surface area contributed by atoms with Gasteiger partial charge in [0.25, 0.3) is 0 Å². The van der Waals surface area contributed by atoms with Gasteiger partial charge >= 0.3 is 12.2 Å². The van der Waals surface area contributed by atoms with E-state index in [-0.39, 0.29) is 5.96 Å². The van der Waals surface area contributed by atoms with Crippen LogP contribution in [0.25, 0.3) is 0 Å². The van der Waals surface area contributed by atoms with Crippen LogP contribution < -0.4 is 10.2 Å². The zero-order chi connectivity index (χ0) is 20.1. The van der Waals surface area contributed by atoms with E-state index in [1.54, 1.807) is 53.5 Å². The van der Waals surface area contributed by atoms with Gasteiger partial charge in [-0.2, -0.15) is 0 Å². The maximum atomic E-state index is 12.1. The van der Waals surface area contributed by atoms with Crippen LogP contribution in [0.1, 0.15) is 47.1 Å². The predicted octanol–water partition coefficient (Wildman–Crippen LogP) is 4.25. The van der Waals surface area contributed by atoms with E-state index in [9.17, 15) is 9.59 Å². The third-order valence-electron chi connectivity index (χ3n) is 2.94. The van der Waals surface area contributed by atoms with Crippen LogP contribution in [0, 0.1) is 6.92 Å². The molecule has 2 amide bonds. The molecular formula is C19H29N3O4. The van der Waals surface area contributed by atoms with Crippen LogP contribution in [0.4, 0.5) is 15.3 Å². The second kappa shape index (κ2) is 8.21. The van der Waals surface area contributed by atoms with Crippen molar-refractivity contribution in [3.8, 4) is 0 Å². The second-order valence-corrected chi connectivity index (χ2v) is 7.94. The molecule has 0 bridgehead atoms. The van der Waals surface area contributed by atoms with Crippen molar-refractivity contribution in [2.45, 2.75) is 59.7 Å². The molecule has 0 saturated carbocycles. The van der Waals surface area contributed by atoms with Gasteiger partial charge in [-0.05, 0) is 60.6 Å². The molecule has 0 heterocycles. The molecule has 0 aromatic heterocycles. The van der Waals surface area contributed by atoms with E-state index in [1.807, 2.05) is 31.2 Å². The molecule has 0 saturated heterocycles. The van der Waals surface area contributed by atoms with Crippen LogP contribution >= 0.6 is 0 Å². The highest BCUT2D eigenvalue weighted by Gasteiger charge is 2.22. The molecule has 0 atom stereocenters. The van der Waals surface area contributed by atoms with Gasteiger partial charge in [0.2, 0.25) is 5.96 Å². The van der Waals surface area contributed by atoms with Gasteiger partial charge in [-0.1, -0.05) is 17.7 Å². The van der Waals surface area contributed by atoms with Crippen molar-refractivity contribution >= 4 is 23.8 Å². The lowest BCUT2D eigenvalue weighted by Gasteiger charge is -2.25. The van der Waals surface area contributed by atoms with Crippen LogP contribution in [0.2, 0.25) is 0 Å². The van der Waals surface area contributed by atoms with Gasteiger partial charge in [-0.3, -0.25) is 5.32 Å². The third-order valence-corrected chi connectivity index (χ3v) is 2.94. The van der Waals surface area contributed by atoms with Gasteiger partial charge in [0.15, 0.2) is 0 Å². The summed E-state index contributed by atoms with van der Waals surface area (Å²) >= 11 is 0. The zero-order valence-corrected chi connectivity index (χ0v) is 16.8. The number of carbonyl (C=O) groups excluding carboxylic acids is 2. The summed E-state index contributed by atoms with van der Waals surface area (Å²) in [5.41, 5.74) is 0.464. The summed E-state index contributed by atoms with van der Waals surface area (Å²) in [6, 6.07) is 7.56. The number of anilines is 1. The monoisotopic (exact) mass is 363 g/mol.